The number of aryl methyl sites for hydroxylation is 1. The third kappa shape index (κ3) is 4.83. The molecule has 2 aromatic heterocycles. The lowest BCUT2D eigenvalue weighted by molar-refractivity contribution is 0.102. The zero-order chi connectivity index (χ0) is 17.7. The minimum Gasteiger partial charge on any atom is -0.360 e. The fourth-order valence-electron chi connectivity index (χ4n) is 2.51. The van der Waals surface area contributed by atoms with Crippen LogP contribution in [-0.2, 0) is 6.54 Å². The number of nitrogens with one attached hydrogen (secondary N) is 1. The van der Waals surface area contributed by atoms with E-state index in [1.165, 1.54) is 23.1 Å². The third-order valence-corrected chi connectivity index (χ3v) is 5.88. The van der Waals surface area contributed by atoms with Gasteiger partial charge in [-0.2, -0.15) is 0 Å². The summed E-state index contributed by atoms with van der Waals surface area (Å²) in [6, 6.07) is 2.02. The van der Waals surface area contributed by atoms with Crippen LogP contribution >= 0.6 is 23.1 Å². The monoisotopic (exact) mass is 366 g/mol. The normalized spacial score (nSPS) is 11.2. The molecule has 7 heteroatoms. The summed E-state index contributed by atoms with van der Waals surface area (Å²) >= 11 is 2.95. The maximum atomic E-state index is 12.6. The minimum atomic E-state index is 0.157. The van der Waals surface area contributed by atoms with Gasteiger partial charge in [-0.05, 0) is 39.2 Å². The first kappa shape index (κ1) is 19.0. The van der Waals surface area contributed by atoms with E-state index < -0.39 is 0 Å². The van der Waals surface area contributed by atoms with Gasteiger partial charge in [0, 0.05) is 30.0 Å². The van der Waals surface area contributed by atoms with E-state index in [0.29, 0.717) is 11.7 Å². The van der Waals surface area contributed by atoms with Gasteiger partial charge in [-0.1, -0.05) is 36.9 Å². The van der Waals surface area contributed by atoms with Gasteiger partial charge < -0.3 is 9.88 Å². The van der Waals surface area contributed by atoms with Crippen molar-refractivity contribution >= 4 is 34.0 Å². The highest BCUT2D eigenvalue weighted by molar-refractivity contribution is 8.01. The van der Waals surface area contributed by atoms with Crippen LogP contribution in [0.3, 0.4) is 0 Å². The Kier molecular flexibility index (Phi) is 6.86. The largest absolute Gasteiger partial charge is 0.360 e. The average molecular weight is 367 g/mol. The van der Waals surface area contributed by atoms with Gasteiger partial charge in [0.05, 0.1) is 5.75 Å². The Labute approximate surface area is 152 Å². The summed E-state index contributed by atoms with van der Waals surface area (Å²) in [5.41, 5.74) is 3.07. The highest BCUT2D eigenvalue weighted by Crippen LogP contribution is 2.27. The van der Waals surface area contributed by atoms with Crippen LogP contribution in [-0.4, -0.2) is 32.8 Å². The molecule has 132 valence electrons. The molecule has 0 spiro atoms. The first-order valence-electron chi connectivity index (χ1n) is 8.32. The van der Waals surface area contributed by atoms with Crippen molar-refractivity contribution in [3.63, 3.8) is 0 Å². The van der Waals surface area contributed by atoms with E-state index in [1.54, 1.807) is 0 Å². The molecule has 0 radical (unpaired) electrons. The lowest BCUT2D eigenvalue weighted by atomic mass is 10.1. The first-order chi connectivity index (χ1) is 11.4. The zero-order valence-corrected chi connectivity index (χ0v) is 16.7. The molecule has 0 aliphatic rings. The molecule has 0 unspecified atom stereocenters. The van der Waals surface area contributed by atoms with Crippen LogP contribution in [0.2, 0.25) is 0 Å². The van der Waals surface area contributed by atoms with Gasteiger partial charge in [0.2, 0.25) is 5.13 Å². The Bertz CT molecular complexity index is 691. The number of hydrogen-bond acceptors (Lipinski definition) is 6. The number of anilines is 1. The fourth-order valence-corrected chi connectivity index (χ4v) is 4.21. The molecule has 0 atom stereocenters. The van der Waals surface area contributed by atoms with Crippen LogP contribution in [0.15, 0.2) is 10.4 Å². The molecule has 0 aliphatic heterocycles. The van der Waals surface area contributed by atoms with E-state index in [0.717, 1.165) is 45.9 Å². The number of carbonyl (C=O) groups is 1. The smallest absolute Gasteiger partial charge is 0.206 e. The molecule has 2 aromatic rings. The summed E-state index contributed by atoms with van der Waals surface area (Å²) in [6.45, 7) is 12.4. The number of rotatable bonds is 9. The van der Waals surface area contributed by atoms with Crippen molar-refractivity contribution in [2.24, 2.45) is 5.92 Å². The molecular formula is C17H26N4OS2. The second-order valence-electron chi connectivity index (χ2n) is 6.23. The Morgan fingerprint density at radius 1 is 1.38 bits per heavy atom. The molecule has 0 saturated carbocycles. The lowest BCUT2D eigenvalue weighted by Gasteiger charge is -2.11. The van der Waals surface area contributed by atoms with E-state index in [9.17, 15) is 4.79 Å². The van der Waals surface area contributed by atoms with Gasteiger partial charge in [-0.15, -0.1) is 10.2 Å². The standard InChI is InChI=1S/C17H26N4OS2/c1-6-18-16-19-20-17(24-16)23-10-15(22)14-9-12(4)21(13(14)5)8-7-11(2)3/h9,11H,6-8,10H2,1-5H3,(H,18,19). The maximum Gasteiger partial charge on any atom is 0.206 e. The Hall–Kier alpha value is -1.34. The summed E-state index contributed by atoms with van der Waals surface area (Å²) in [4.78, 5) is 12.6. The van der Waals surface area contributed by atoms with Gasteiger partial charge in [0.1, 0.15) is 0 Å². The van der Waals surface area contributed by atoms with Crippen LogP contribution in [0, 0.1) is 19.8 Å². The van der Waals surface area contributed by atoms with Crippen molar-refractivity contribution in [3.05, 3.63) is 23.0 Å². The van der Waals surface area contributed by atoms with Crippen LogP contribution in [0.5, 0.6) is 0 Å². The van der Waals surface area contributed by atoms with Crippen LogP contribution in [0.25, 0.3) is 0 Å². The minimum absolute atomic E-state index is 0.157. The van der Waals surface area contributed by atoms with E-state index in [2.05, 4.69) is 40.9 Å². The summed E-state index contributed by atoms with van der Waals surface area (Å²) in [6.07, 6.45) is 1.12. The molecule has 2 heterocycles. The molecular weight excluding hydrogens is 340 g/mol. The lowest BCUT2D eigenvalue weighted by Crippen LogP contribution is -2.08. The van der Waals surface area contributed by atoms with E-state index in [1.807, 2.05) is 19.9 Å². The molecule has 0 bridgehead atoms. The third-order valence-electron chi connectivity index (χ3n) is 3.87. The highest BCUT2D eigenvalue weighted by Gasteiger charge is 2.17. The van der Waals surface area contributed by atoms with Gasteiger partial charge in [0.25, 0.3) is 0 Å². The van der Waals surface area contributed by atoms with Crippen molar-refractivity contribution in [2.45, 2.75) is 51.9 Å². The molecule has 2 rings (SSSR count). The zero-order valence-electron chi connectivity index (χ0n) is 15.0. The topological polar surface area (TPSA) is 59.8 Å². The molecule has 1 N–H and O–H groups in total. The summed E-state index contributed by atoms with van der Waals surface area (Å²) in [5.74, 6) is 1.21. The second kappa shape index (κ2) is 8.67. The van der Waals surface area contributed by atoms with Gasteiger partial charge in [-0.3, -0.25) is 4.79 Å². The van der Waals surface area contributed by atoms with E-state index in [4.69, 9.17) is 0 Å². The fraction of sp³-hybridized carbons (Fsp3) is 0.588. The van der Waals surface area contributed by atoms with Crippen molar-refractivity contribution in [3.8, 4) is 0 Å². The quantitative estimate of drug-likeness (QED) is 0.526. The molecule has 0 aromatic carbocycles. The van der Waals surface area contributed by atoms with E-state index in [-0.39, 0.29) is 5.78 Å². The van der Waals surface area contributed by atoms with Crippen molar-refractivity contribution < 1.29 is 4.79 Å². The van der Waals surface area contributed by atoms with Crippen molar-refractivity contribution in [1.82, 2.24) is 14.8 Å². The van der Waals surface area contributed by atoms with Crippen LogP contribution in [0.4, 0.5) is 5.13 Å². The molecule has 24 heavy (non-hydrogen) atoms. The van der Waals surface area contributed by atoms with Crippen molar-refractivity contribution in [2.75, 3.05) is 17.6 Å². The molecule has 0 fully saturated rings. The maximum absolute atomic E-state index is 12.6. The second-order valence-corrected chi connectivity index (χ2v) is 8.43. The first-order valence-corrected chi connectivity index (χ1v) is 10.1. The SMILES string of the molecule is CCNc1nnc(SCC(=O)c2cc(C)n(CCC(C)C)c2C)s1. The summed E-state index contributed by atoms with van der Waals surface area (Å²) < 4.78 is 3.08. The number of ketones is 1. The van der Waals surface area contributed by atoms with Crippen molar-refractivity contribution in [1.29, 1.82) is 0 Å². The van der Waals surface area contributed by atoms with Crippen LogP contribution in [0.1, 0.15) is 48.9 Å². The van der Waals surface area contributed by atoms with E-state index >= 15 is 0 Å². The number of nitrogens with zero attached hydrogens (tertiary/aromatic N) is 3. The molecule has 0 saturated heterocycles. The molecule has 5 nitrogen and oxygen atoms in total. The van der Waals surface area contributed by atoms with Crippen LogP contribution < -0.4 is 5.32 Å². The molecule has 0 amide bonds. The number of thioether (sulfide) groups is 1. The predicted octanol–water partition coefficient (Wildman–Crippen LogP) is 4.41. The van der Waals surface area contributed by atoms with Gasteiger partial charge in [0.15, 0.2) is 10.1 Å². The number of carbonyl (C=O) groups excluding carboxylic acids is 1. The Morgan fingerprint density at radius 3 is 2.79 bits per heavy atom. The summed E-state index contributed by atoms with van der Waals surface area (Å²) in [7, 11) is 0. The van der Waals surface area contributed by atoms with Gasteiger partial charge in [-0.25, -0.2) is 0 Å². The summed E-state index contributed by atoms with van der Waals surface area (Å²) in [5, 5.41) is 12.1. The highest BCUT2D eigenvalue weighted by atomic mass is 32.2. The Balaban J connectivity index is 2.00. The number of hydrogen-bond donors (Lipinski definition) is 1. The molecule has 0 aliphatic carbocycles. The average Bonchev–Trinajstić information content (AvgIpc) is 3.08. The predicted molar refractivity (Wildman–Crippen MR) is 102 cm³/mol. The van der Waals surface area contributed by atoms with Gasteiger partial charge >= 0.3 is 0 Å². The Morgan fingerprint density at radius 2 is 2.12 bits per heavy atom. The number of aromatic nitrogens is 3. The number of Topliss-reactive ketones (excluding diaryl/α,β-unsaturated/α-hetero) is 1.